The fourth-order valence-corrected chi connectivity index (χ4v) is 1.82. The zero-order valence-corrected chi connectivity index (χ0v) is 9.81. The molecule has 1 aromatic carbocycles. The van der Waals surface area contributed by atoms with Crippen LogP contribution >= 0.6 is 15.9 Å². The summed E-state index contributed by atoms with van der Waals surface area (Å²) in [5.74, 6) is 0.598. The summed E-state index contributed by atoms with van der Waals surface area (Å²) in [6, 6.07) is 11.7. The van der Waals surface area contributed by atoms with Crippen LogP contribution in [0.5, 0.6) is 0 Å². The molecular weight excluding hydrogens is 268 g/mol. The molecule has 0 bridgehead atoms. The van der Waals surface area contributed by atoms with Crippen LogP contribution in [-0.2, 0) is 0 Å². The lowest BCUT2D eigenvalue weighted by Crippen LogP contribution is -1.75. The van der Waals surface area contributed by atoms with Gasteiger partial charge in [0.2, 0.25) is 11.6 Å². The Balaban J connectivity index is 2.19. The average molecular weight is 275 g/mol. The van der Waals surface area contributed by atoms with E-state index in [0.717, 1.165) is 15.6 Å². The zero-order valence-electron chi connectivity index (χ0n) is 8.22. The van der Waals surface area contributed by atoms with Crippen LogP contribution in [0.3, 0.4) is 0 Å². The third-order valence-electron chi connectivity index (χ3n) is 2.23. The number of halogens is 1. The van der Waals surface area contributed by atoms with Gasteiger partial charge in [-0.25, -0.2) is 9.97 Å². The molecule has 0 saturated heterocycles. The molecule has 0 aliphatic carbocycles. The Morgan fingerprint density at radius 3 is 2.75 bits per heavy atom. The van der Waals surface area contributed by atoms with Crippen LogP contribution < -0.4 is 0 Å². The van der Waals surface area contributed by atoms with E-state index < -0.39 is 0 Å². The summed E-state index contributed by atoms with van der Waals surface area (Å²) in [4.78, 5) is 8.54. The molecule has 0 aliphatic rings. The maximum atomic E-state index is 5.57. The normalized spacial score (nSPS) is 10.8. The molecule has 3 rings (SSSR count). The Hall–Kier alpha value is -1.68. The van der Waals surface area contributed by atoms with Crippen molar-refractivity contribution in [2.75, 3.05) is 0 Å². The van der Waals surface area contributed by atoms with Crippen molar-refractivity contribution < 1.29 is 4.42 Å². The molecule has 4 heteroatoms. The van der Waals surface area contributed by atoms with E-state index >= 15 is 0 Å². The van der Waals surface area contributed by atoms with E-state index in [1.165, 1.54) is 0 Å². The van der Waals surface area contributed by atoms with E-state index in [-0.39, 0.29) is 0 Å². The topological polar surface area (TPSA) is 38.9 Å². The van der Waals surface area contributed by atoms with Gasteiger partial charge in [-0.1, -0.05) is 18.2 Å². The molecule has 0 unspecified atom stereocenters. The summed E-state index contributed by atoms with van der Waals surface area (Å²) < 4.78 is 6.46. The van der Waals surface area contributed by atoms with Crippen molar-refractivity contribution in [3.63, 3.8) is 0 Å². The Kier molecular flexibility index (Phi) is 2.22. The van der Waals surface area contributed by atoms with Crippen LogP contribution in [0.15, 0.2) is 51.5 Å². The fourth-order valence-electron chi connectivity index (χ4n) is 1.50. The van der Waals surface area contributed by atoms with E-state index in [4.69, 9.17) is 4.42 Å². The van der Waals surface area contributed by atoms with Gasteiger partial charge in [-0.05, 0) is 34.1 Å². The molecule has 0 fully saturated rings. The molecule has 78 valence electrons. The average Bonchev–Trinajstić information content (AvgIpc) is 2.73. The van der Waals surface area contributed by atoms with Crippen molar-refractivity contribution in [1.82, 2.24) is 9.97 Å². The first-order valence-electron chi connectivity index (χ1n) is 4.80. The second kappa shape index (κ2) is 3.72. The highest BCUT2D eigenvalue weighted by Gasteiger charge is 2.08. The van der Waals surface area contributed by atoms with Gasteiger partial charge >= 0.3 is 0 Å². The lowest BCUT2D eigenvalue weighted by atomic mass is 10.2. The van der Waals surface area contributed by atoms with Crippen molar-refractivity contribution in [1.29, 1.82) is 0 Å². The highest BCUT2D eigenvalue weighted by Crippen LogP contribution is 2.24. The van der Waals surface area contributed by atoms with Gasteiger partial charge in [0.25, 0.3) is 0 Å². The monoisotopic (exact) mass is 274 g/mol. The smallest absolute Gasteiger partial charge is 0.247 e. The first-order chi connectivity index (χ1) is 7.83. The molecule has 0 N–H and O–H groups in total. The van der Waals surface area contributed by atoms with Crippen LogP contribution in [0.1, 0.15) is 0 Å². The van der Waals surface area contributed by atoms with Crippen molar-refractivity contribution >= 4 is 27.2 Å². The highest BCUT2D eigenvalue weighted by molar-refractivity contribution is 9.10. The third kappa shape index (κ3) is 1.61. The highest BCUT2D eigenvalue weighted by atomic mass is 79.9. The molecule has 0 aliphatic heterocycles. The Labute approximate surface area is 100 Å². The largest absolute Gasteiger partial charge is 0.418 e. The minimum Gasteiger partial charge on any atom is -0.418 e. The fraction of sp³-hybridized carbons (Fsp3) is 0. The quantitative estimate of drug-likeness (QED) is 0.680. The molecule has 0 amide bonds. The van der Waals surface area contributed by atoms with Gasteiger partial charge in [-0.3, -0.25) is 0 Å². The predicted molar refractivity (Wildman–Crippen MR) is 64.9 cm³/mol. The predicted octanol–water partition coefficient (Wildman–Crippen LogP) is 3.65. The molecule has 3 aromatic rings. The van der Waals surface area contributed by atoms with E-state index in [9.17, 15) is 0 Å². The lowest BCUT2D eigenvalue weighted by Gasteiger charge is -1.91. The SMILES string of the molecule is Brc1cnc2oc(-c3ccccc3)nc2c1. The van der Waals surface area contributed by atoms with E-state index in [2.05, 4.69) is 25.9 Å². The van der Waals surface area contributed by atoms with E-state index in [0.29, 0.717) is 11.6 Å². The summed E-state index contributed by atoms with van der Waals surface area (Å²) in [7, 11) is 0. The number of nitrogens with zero attached hydrogens (tertiary/aromatic N) is 2. The second-order valence-electron chi connectivity index (χ2n) is 3.36. The lowest BCUT2D eigenvalue weighted by molar-refractivity contribution is 0.608. The summed E-state index contributed by atoms with van der Waals surface area (Å²) in [5, 5.41) is 0. The van der Waals surface area contributed by atoms with Gasteiger partial charge in [0, 0.05) is 16.2 Å². The van der Waals surface area contributed by atoms with Crippen molar-refractivity contribution in [3.8, 4) is 11.5 Å². The first kappa shape index (κ1) is 9.54. The molecule has 3 nitrogen and oxygen atoms in total. The summed E-state index contributed by atoms with van der Waals surface area (Å²) in [6.07, 6.45) is 1.70. The minimum absolute atomic E-state index is 0.557. The zero-order chi connectivity index (χ0) is 11.0. The van der Waals surface area contributed by atoms with Gasteiger partial charge in [-0.2, -0.15) is 0 Å². The number of fused-ring (bicyclic) bond motifs is 1. The third-order valence-corrected chi connectivity index (χ3v) is 2.67. The van der Waals surface area contributed by atoms with Gasteiger partial charge in [0.15, 0.2) is 0 Å². The van der Waals surface area contributed by atoms with Crippen LogP contribution in [0.2, 0.25) is 0 Å². The van der Waals surface area contributed by atoms with Crippen molar-refractivity contribution in [2.24, 2.45) is 0 Å². The first-order valence-corrected chi connectivity index (χ1v) is 5.60. The van der Waals surface area contributed by atoms with Crippen LogP contribution in [0.4, 0.5) is 0 Å². The Bertz CT molecular complexity index is 634. The van der Waals surface area contributed by atoms with E-state index in [1.54, 1.807) is 6.20 Å². The summed E-state index contributed by atoms with van der Waals surface area (Å²) in [5.41, 5.74) is 2.27. The van der Waals surface area contributed by atoms with Gasteiger partial charge in [0.1, 0.15) is 5.52 Å². The van der Waals surface area contributed by atoms with Crippen LogP contribution in [0.25, 0.3) is 22.7 Å². The molecular formula is C12H7BrN2O. The molecule has 2 aromatic heterocycles. The second-order valence-corrected chi connectivity index (χ2v) is 4.28. The molecule has 2 heterocycles. The Morgan fingerprint density at radius 1 is 1.12 bits per heavy atom. The number of oxazole rings is 1. The number of hydrogen-bond donors (Lipinski definition) is 0. The molecule has 16 heavy (non-hydrogen) atoms. The number of aromatic nitrogens is 2. The van der Waals surface area contributed by atoms with Crippen LogP contribution in [0, 0.1) is 0 Å². The Morgan fingerprint density at radius 2 is 1.94 bits per heavy atom. The molecule has 0 saturated carbocycles. The maximum Gasteiger partial charge on any atom is 0.247 e. The standard InChI is InChI=1S/C12H7BrN2O/c13-9-6-10-12(14-7-9)16-11(15-10)8-4-2-1-3-5-8/h1-7H. The minimum atomic E-state index is 0.557. The van der Waals surface area contributed by atoms with Gasteiger partial charge in [0.05, 0.1) is 0 Å². The molecule has 0 spiro atoms. The number of rotatable bonds is 1. The van der Waals surface area contributed by atoms with Crippen molar-refractivity contribution in [2.45, 2.75) is 0 Å². The molecule has 0 atom stereocenters. The summed E-state index contributed by atoms with van der Waals surface area (Å²) >= 11 is 3.35. The number of benzene rings is 1. The van der Waals surface area contributed by atoms with Gasteiger partial charge in [-0.15, -0.1) is 0 Å². The number of pyridine rings is 1. The van der Waals surface area contributed by atoms with E-state index in [1.807, 2.05) is 36.4 Å². The number of hydrogen-bond acceptors (Lipinski definition) is 3. The van der Waals surface area contributed by atoms with Gasteiger partial charge < -0.3 is 4.42 Å². The summed E-state index contributed by atoms with van der Waals surface area (Å²) in [6.45, 7) is 0. The maximum absolute atomic E-state index is 5.57. The molecule has 0 radical (unpaired) electrons. The van der Waals surface area contributed by atoms with Crippen molar-refractivity contribution in [3.05, 3.63) is 47.1 Å². The van der Waals surface area contributed by atoms with Crippen LogP contribution in [-0.4, -0.2) is 9.97 Å².